The molecule has 0 aromatic heterocycles. The van der Waals surface area contributed by atoms with E-state index < -0.39 is 18.0 Å². The maximum absolute atomic E-state index is 12.4. The Hall–Kier alpha value is -2.90. The highest BCUT2D eigenvalue weighted by atomic mass is 16.6. The van der Waals surface area contributed by atoms with Crippen LogP contribution in [0, 0.1) is 0 Å². The Balaban J connectivity index is 1.35. The molecule has 2 saturated heterocycles. The van der Waals surface area contributed by atoms with Gasteiger partial charge in [-0.3, -0.25) is 0 Å². The number of fused-ring (bicyclic) bond motifs is 1. The lowest BCUT2D eigenvalue weighted by atomic mass is 10.1. The number of benzene rings is 2. The quantitative estimate of drug-likeness (QED) is 0.579. The maximum atomic E-state index is 12.4. The van der Waals surface area contributed by atoms with Crippen LogP contribution in [-0.4, -0.2) is 50.6 Å². The van der Waals surface area contributed by atoms with Crippen molar-refractivity contribution in [2.75, 3.05) is 20.3 Å². The number of hydrogen-bond acceptors (Lipinski definition) is 7. The Morgan fingerprint density at radius 1 is 0.893 bits per heavy atom. The van der Waals surface area contributed by atoms with Crippen LogP contribution in [-0.2, 0) is 14.2 Å². The van der Waals surface area contributed by atoms with E-state index in [0.717, 1.165) is 6.42 Å². The largest absolute Gasteiger partial charge is 0.497 e. The van der Waals surface area contributed by atoms with Crippen molar-refractivity contribution in [1.29, 1.82) is 0 Å². The minimum atomic E-state index is -0.495. The Labute approximate surface area is 162 Å². The van der Waals surface area contributed by atoms with Gasteiger partial charge in [0.25, 0.3) is 0 Å². The predicted octanol–water partition coefficient (Wildman–Crippen LogP) is 2.63. The molecule has 0 bridgehead atoms. The van der Waals surface area contributed by atoms with Crippen LogP contribution in [0.3, 0.4) is 0 Å². The van der Waals surface area contributed by atoms with Gasteiger partial charge in [-0.15, -0.1) is 0 Å². The molecule has 2 heterocycles. The number of methoxy groups -OCH3 is 1. The molecule has 7 heteroatoms. The third-order valence-electron chi connectivity index (χ3n) is 4.80. The summed E-state index contributed by atoms with van der Waals surface area (Å²) in [6.45, 7) is 0.969. The number of carbonyl (C=O) groups is 2. The molecule has 0 aliphatic carbocycles. The van der Waals surface area contributed by atoms with E-state index in [2.05, 4.69) is 0 Å². The van der Waals surface area contributed by atoms with E-state index in [1.165, 1.54) is 0 Å². The molecule has 0 spiro atoms. The highest BCUT2D eigenvalue weighted by Gasteiger charge is 2.44. The summed E-state index contributed by atoms with van der Waals surface area (Å²) in [5.41, 5.74) is 0.766. The third-order valence-corrected chi connectivity index (χ3v) is 4.80. The average molecular weight is 384 g/mol. The van der Waals surface area contributed by atoms with Gasteiger partial charge in [-0.2, -0.15) is 0 Å². The molecule has 2 aliphatic rings. The van der Waals surface area contributed by atoms with Crippen LogP contribution in [0.2, 0.25) is 0 Å². The fourth-order valence-corrected chi connectivity index (χ4v) is 3.29. The summed E-state index contributed by atoms with van der Waals surface area (Å²) in [4.78, 5) is 24.5. The first-order valence-electron chi connectivity index (χ1n) is 9.04. The van der Waals surface area contributed by atoms with Crippen molar-refractivity contribution in [3.8, 4) is 11.5 Å². The van der Waals surface area contributed by atoms with Crippen LogP contribution >= 0.6 is 0 Å². The molecular weight excluding hydrogens is 364 g/mol. The van der Waals surface area contributed by atoms with Gasteiger partial charge in [-0.05, 0) is 55.0 Å². The molecule has 0 N–H and O–H groups in total. The average Bonchev–Trinajstić information content (AvgIpc) is 3.34. The third kappa shape index (κ3) is 3.85. The lowest BCUT2D eigenvalue weighted by molar-refractivity contribution is -0.0148. The summed E-state index contributed by atoms with van der Waals surface area (Å²) in [6, 6.07) is 12.8. The van der Waals surface area contributed by atoms with Gasteiger partial charge in [0.05, 0.1) is 30.9 Å². The standard InChI is InChI=1S/C21H20O7/c1-24-15-6-2-13(3-7-15)20(22)27-16-8-4-14(5-9-16)21(23)28-18-12-26-17-10-11-25-19(17)18/h2-9,17-19H,10-12H2,1H3/t17-,18-,19+/m1/s1. The fraction of sp³-hybridized carbons (Fsp3) is 0.333. The lowest BCUT2D eigenvalue weighted by Gasteiger charge is -2.16. The summed E-state index contributed by atoms with van der Waals surface area (Å²) in [5.74, 6) is 0.0328. The topological polar surface area (TPSA) is 80.3 Å². The summed E-state index contributed by atoms with van der Waals surface area (Å²) in [6.07, 6.45) is 0.256. The van der Waals surface area contributed by atoms with Crippen LogP contribution in [0.15, 0.2) is 48.5 Å². The van der Waals surface area contributed by atoms with E-state index in [4.69, 9.17) is 23.7 Å². The number of esters is 2. The van der Waals surface area contributed by atoms with Gasteiger partial charge < -0.3 is 23.7 Å². The lowest BCUT2D eigenvalue weighted by Crippen LogP contribution is -2.32. The van der Waals surface area contributed by atoms with E-state index >= 15 is 0 Å². The molecule has 0 saturated carbocycles. The van der Waals surface area contributed by atoms with Gasteiger partial charge in [0.1, 0.15) is 17.6 Å². The highest BCUT2D eigenvalue weighted by Crippen LogP contribution is 2.29. The number of rotatable bonds is 5. The molecule has 4 rings (SSSR count). The first-order valence-corrected chi connectivity index (χ1v) is 9.04. The number of hydrogen-bond donors (Lipinski definition) is 0. The van der Waals surface area contributed by atoms with Crippen molar-refractivity contribution in [2.45, 2.75) is 24.7 Å². The zero-order valence-corrected chi connectivity index (χ0v) is 15.3. The van der Waals surface area contributed by atoms with Crippen molar-refractivity contribution in [3.63, 3.8) is 0 Å². The van der Waals surface area contributed by atoms with E-state index in [0.29, 0.717) is 35.8 Å². The van der Waals surface area contributed by atoms with Gasteiger partial charge in [0.15, 0.2) is 6.10 Å². The van der Waals surface area contributed by atoms with Gasteiger partial charge in [-0.25, -0.2) is 9.59 Å². The first kappa shape index (κ1) is 18.5. The van der Waals surface area contributed by atoms with E-state index in [1.807, 2.05) is 0 Å². The van der Waals surface area contributed by atoms with Crippen LogP contribution in [0.1, 0.15) is 27.1 Å². The van der Waals surface area contributed by atoms with Crippen LogP contribution in [0.5, 0.6) is 11.5 Å². The van der Waals surface area contributed by atoms with E-state index in [1.54, 1.807) is 55.6 Å². The van der Waals surface area contributed by atoms with E-state index in [-0.39, 0.29) is 12.2 Å². The second-order valence-electron chi connectivity index (χ2n) is 6.58. The van der Waals surface area contributed by atoms with Crippen LogP contribution in [0.4, 0.5) is 0 Å². The van der Waals surface area contributed by atoms with Gasteiger partial charge >= 0.3 is 11.9 Å². The Morgan fingerprint density at radius 2 is 1.54 bits per heavy atom. The summed E-state index contributed by atoms with van der Waals surface area (Å²) in [7, 11) is 1.55. The fourth-order valence-electron chi connectivity index (χ4n) is 3.29. The molecule has 7 nitrogen and oxygen atoms in total. The molecular formula is C21H20O7. The molecule has 2 fully saturated rings. The molecule has 28 heavy (non-hydrogen) atoms. The van der Waals surface area contributed by atoms with Crippen LogP contribution in [0.25, 0.3) is 0 Å². The van der Waals surface area contributed by atoms with Crippen LogP contribution < -0.4 is 9.47 Å². The second kappa shape index (κ2) is 8.00. The molecule has 2 aromatic carbocycles. The Bertz CT molecular complexity index is 844. The van der Waals surface area contributed by atoms with Crippen molar-refractivity contribution in [2.24, 2.45) is 0 Å². The molecule has 146 valence electrons. The summed E-state index contributed by atoms with van der Waals surface area (Å²) >= 11 is 0. The zero-order chi connectivity index (χ0) is 19.5. The smallest absolute Gasteiger partial charge is 0.343 e. The predicted molar refractivity (Wildman–Crippen MR) is 97.7 cm³/mol. The van der Waals surface area contributed by atoms with Crippen molar-refractivity contribution in [3.05, 3.63) is 59.7 Å². The van der Waals surface area contributed by atoms with Crippen molar-refractivity contribution in [1.82, 2.24) is 0 Å². The van der Waals surface area contributed by atoms with Gasteiger partial charge in [-0.1, -0.05) is 0 Å². The Kier molecular flexibility index (Phi) is 5.27. The van der Waals surface area contributed by atoms with Crippen molar-refractivity contribution < 1.29 is 33.3 Å². The number of carbonyl (C=O) groups excluding carboxylic acids is 2. The molecule has 2 aromatic rings. The molecule has 3 atom stereocenters. The van der Waals surface area contributed by atoms with Gasteiger partial charge in [0.2, 0.25) is 0 Å². The zero-order valence-electron chi connectivity index (χ0n) is 15.3. The van der Waals surface area contributed by atoms with Crippen molar-refractivity contribution >= 4 is 11.9 Å². The molecule has 0 radical (unpaired) electrons. The number of ether oxygens (including phenoxy) is 5. The summed E-state index contributed by atoms with van der Waals surface area (Å²) in [5, 5.41) is 0. The minimum Gasteiger partial charge on any atom is -0.497 e. The first-order chi connectivity index (χ1) is 13.6. The highest BCUT2D eigenvalue weighted by molar-refractivity contribution is 5.92. The van der Waals surface area contributed by atoms with Gasteiger partial charge in [0, 0.05) is 6.61 Å². The molecule has 0 unspecified atom stereocenters. The SMILES string of the molecule is COc1ccc(C(=O)Oc2ccc(C(=O)O[C@@H]3CO[C@@H]4CCO[C@@H]43)cc2)cc1. The van der Waals surface area contributed by atoms with E-state index in [9.17, 15) is 9.59 Å². The molecule has 2 aliphatic heterocycles. The maximum Gasteiger partial charge on any atom is 0.343 e. The molecule has 0 amide bonds. The summed E-state index contributed by atoms with van der Waals surface area (Å²) < 4.78 is 27.1. The normalized spacial score (nSPS) is 23.1. The minimum absolute atomic E-state index is 0.0116. The monoisotopic (exact) mass is 384 g/mol. The Morgan fingerprint density at radius 3 is 2.21 bits per heavy atom. The second-order valence-corrected chi connectivity index (χ2v) is 6.58.